The molecule has 18 atom stereocenters. The summed E-state index contributed by atoms with van der Waals surface area (Å²) >= 11 is 0. The summed E-state index contributed by atoms with van der Waals surface area (Å²) in [6.07, 6.45) is -15.4. The molecule has 52 heavy (non-hydrogen) atoms. The van der Waals surface area contributed by atoms with Crippen LogP contribution in [0.5, 0.6) is 0 Å². The standard InChI is InChI=1S/C33H46O19/c1-4-13-14(5-6-34)16(10-46-30(13)51-32-26(41)24(39)22(37)19(8-35)49-32)29(44)48-18-7-15-17(28(43)45-3)11-47-31(21(15)12(18)2)52-33-27(42)25(40)23(38)20(9-36)50-33/h4,6,10-15,18-27,30-33,35-42H,1,5,7-9H2,2-3H3/t12?,13?,14?,15?,18?,19-,20-,21?,22-,23-,24+,25+,26-,27-,30?,31?,32+,33+/m1/s1. The molecule has 1 aliphatic carbocycles. The molecule has 0 radical (unpaired) electrons. The van der Waals surface area contributed by atoms with Crippen LogP contribution in [0.25, 0.3) is 0 Å². The van der Waals surface area contributed by atoms with Crippen molar-refractivity contribution in [1.82, 2.24) is 0 Å². The average molecular weight is 747 g/mol. The molecule has 3 fully saturated rings. The summed E-state index contributed by atoms with van der Waals surface area (Å²) in [6.45, 7) is 4.09. The molecule has 19 heteroatoms. The summed E-state index contributed by atoms with van der Waals surface area (Å²) in [6, 6.07) is 0. The molecular formula is C33H46O19. The van der Waals surface area contributed by atoms with Gasteiger partial charge in [-0.2, -0.15) is 0 Å². The number of esters is 2. The van der Waals surface area contributed by atoms with Gasteiger partial charge in [-0.3, -0.25) is 0 Å². The Morgan fingerprint density at radius 3 is 1.87 bits per heavy atom. The van der Waals surface area contributed by atoms with Gasteiger partial charge in [0.05, 0.1) is 44.0 Å². The van der Waals surface area contributed by atoms with Crippen LogP contribution < -0.4 is 0 Å². The molecular weight excluding hydrogens is 700 g/mol. The minimum absolute atomic E-state index is 0.0678. The Morgan fingerprint density at radius 2 is 1.35 bits per heavy atom. The first kappa shape index (κ1) is 40.1. The number of fused-ring (bicyclic) bond motifs is 1. The van der Waals surface area contributed by atoms with Crippen LogP contribution in [0.4, 0.5) is 0 Å². The van der Waals surface area contributed by atoms with Gasteiger partial charge < -0.3 is 83.5 Å². The molecule has 5 aliphatic rings. The van der Waals surface area contributed by atoms with Gasteiger partial charge in [-0.15, -0.1) is 6.58 Å². The van der Waals surface area contributed by atoms with Crippen molar-refractivity contribution in [3.63, 3.8) is 0 Å². The van der Waals surface area contributed by atoms with Crippen molar-refractivity contribution in [2.75, 3.05) is 20.3 Å². The number of ether oxygens (including phenoxy) is 8. The summed E-state index contributed by atoms with van der Waals surface area (Å²) in [4.78, 5) is 38.3. The zero-order chi connectivity index (χ0) is 38.0. The summed E-state index contributed by atoms with van der Waals surface area (Å²) in [5, 5.41) is 80.8. The fourth-order valence-electron chi connectivity index (χ4n) is 7.45. The molecule has 0 aromatic carbocycles. The van der Waals surface area contributed by atoms with E-state index in [1.54, 1.807) is 6.92 Å². The first-order valence-corrected chi connectivity index (χ1v) is 16.8. The van der Waals surface area contributed by atoms with Crippen LogP contribution in [0.1, 0.15) is 19.8 Å². The van der Waals surface area contributed by atoms with Crippen molar-refractivity contribution in [1.29, 1.82) is 0 Å². The first-order chi connectivity index (χ1) is 24.8. The van der Waals surface area contributed by atoms with Crippen molar-refractivity contribution in [2.24, 2.45) is 29.6 Å². The van der Waals surface area contributed by atoms with Gasteiger partial charge in [0, 0.05) is 36.0 Å². The van der Waals surface area contributed by atoms with Gasteiger partial charge in [-0.1, -0.05) is 13.0 Å². The molecule has 0 aromatic heterocycles. The van der Waals surface area contributed by atoms with Crippen LogP contribution in [-0.4, -0.2) is 159 Å². The summed E-state index contributed by atoms with van der Waals surface area (Å²) in [5.41, 5.74) is 0.0485. The predicted octanol–water partition coefficient (Wildman–Crippen LogP) is -3.54. The van der Waals surface area contributed by atoms with E-state index in [2.05, 4.69) is 6.58 Å². The molecule has 19 nitrogen and oxygen atoms in total. The van der Waals surface area contributed by atoms with Gasteiger partial charge in [-0.25, -0.2) is 9.59 Å². The van der Waals surface area contributed by atoms with Crippen molar-refractivity contribution < 1.29 is 93.1 Å². The highest BCUT2D eigenvalue weighted by Gasteiger charge is 2.55. The maximum atomic E-state index is 13.8. The molecule has 4 aliphatic heterocycles. The number of carbonyl (C=O) groups is 3. The monoisotopic (exact) mass is 746 g/mol. The average Bonchev–Trinajstić information content (AvgIpc) is 3.47. The van der Waals surface area contributed by atoms with Crippen LogP contribution >= 0.6 is 0 Å². The molecule has 4 heterocycles. The molecule has 5 rings (SSSR count). The molecule has 0 amide bonds. The highest BCUT2D eigenvalue weighted by molar-refractivity contribution is 5.90. The van der Waals surface area contributed by atoms with Gasteiger partial charge in [0.15, 0.2) is 12.6 Å². The predicted molar refractivity (Wildman–Crippen MR) is 166 cm³/mol. The van der Waals surface area contributed by atoms with Crippen molar-refractivity contribution >= 4 is 18.2 Å². The van der Waals surface area contributed by atoms with Crippen molar-refractivity contribution in [3.05, 3.63) is 36.3 Å². The number of aliphatic hydroxyl groups excluding tert-OH is 8. The van der Waals surface area contributed by atoms with Crippen LogP contribution in [0.2, 0.25) is 0 Å². The SMILES string of the molecule is C=CC1C(O[C@@H]2O[C@H](CO)[C@@H](O)[C@H](O)[C@H]2O)OC=C(C(=O)OC2CC3C(C(=O)OC)=COC(O[C@@H]4O[C@H](CO)[C@@H](O)[C@H](O)[C@H]4O)C3C2C)C1CC=O. The second-order valence-corrected chi connectivity index (χ2v) is 13.4. The van der Waals surface area contributed by atoms with E-state index in [1.807, 2.05) is 0 Å². The normalized spacial score (nSPS) is 44.6. The van der Waals surface area contributed by atoms with E-state index in [-0.39, 0.29) is 24.0 Å². The third kappa shape index (κ3) is 7.63. The van der Waals surface area contributed by atoms with Gasteiger partial charge >= 0.3 is 11.9 Å². The van der Waals surface area contributed by atoms with E-state index in [1.165, 1.54) is 13.2 Å². The molecule has 292 valence electrons. The Hall–Kier alpha value is -3.05. The summed E-state index contributed by atoms with van der Waals surface area (Å²) in [7, 11) is 1.18. The number of aldehydes is 1. The molecule has 0 bridgehead atoms. The summed E-state index contributed by atoms with van der Waals surface area (Å²) < 4.78 is 44.9. The molecule has 8 unspecified atom stereocenters. The maximum Gasteiger partial charge on any atom is 0.337 e. The van der Waals surface area contributed by atoms with Crippen molar-refractivity contribution in [3.8, 4) is 0 Å². The molecule has 1 saturated carbocycles. The van der Waals surface area contributed by atoms with Crippen molar-refractivity contribution in [2.45, 2.75) is 99.9 Å². The third-order valence-electron chi connectivity index (χ3n) is 10.5. The maximum absolute atomic E-state index is 13.8. The van der Waals surface area contributed by atoms with E-state index >= 15 is 0 Å². The number of carbonyl (C=O) groups excluding carboxylic acids is 3. The number of hydrogen-bond donors (Lipinski definition) is 8. The Labute approximate surface area is 297 Å². The zero-order valence-corrected chi connectivity index (χ0v) is 28.3. The molecule has 0 spiro atoms. The number of rotatable bonds is 12. The van der Waals surface area contributed by atoms with Crippen LogP contribution in [0.3, 0.4) is 0 Å². The lowest BCUT2D eigenvalue weighted by Gasteiger charge is -2.43. The zero-order valence-electron chi connectivity index (χ0n) is 28.3. The Bertz CT molecular complexity index is 1350. The van der Waals surface area contributed by atoms with Gasteiger partial charge in [0.25, 0.3) is 0 Å². The fourth-order valence-corrected chi connectivity index (χ4v) is 7.45. The van der Waals surface area contributed by atoms with Gasteiger partial charge in [-0.05, 0) is 6.42 Å². The minimum atomic E-state index is -1.75. The van der Waals surface area contributed by atoms with Gasteiger partial charge in [0.1, 0.15) is 61.2 Å². The summed E-state index contributed by atoms with van der Waals surface area (Å²) in [5.74, 6) is -5.39. The third-order valence-corrected chi connectivity index (χ3v) is 10.5. The number of hydrogen-bond acceptors (Lipinski definition) is 19. The smallest absolute Gasteiger partial charge is 0.337 e. The minimum Gasteiger partial charge on any atom is -0.472 e. The highest BCUT2D eigenvalue weighted by Crippen LogP contribution is 2.49. The van der Waals surface area contributed by atoms with E-state index in [4.69, 9.17) is 37.9 Å². The lowest BCUT2D eigenvalue weighted by molar-refractivity contribution is -0.342. The topological polar surface area (TPSA) is 287 Å². The van der Waals surface area contributed by atoms with E-state index in [9.17, 15) is 55.2 Å². The quantitative estimate of drug-likeness (QED) is 0.0545. The van der Waals surface area contributed by atoms with Crippen LogP contribution in [0, 0.1) is 29.6 Å². The second kappa shape index (κ2) is 17.0. The molecule has 2 saturated heterocycles. The molecule has 0 aromatic rings. The lowest BCUT2D eigenvalue weighted by Crippen LogP contribution is -2.60. The number of methoxy groups -OCH3 is 1. The molecule has 8 N–H and O–H groups in total. The Morgan fingerprint density at radius 1 is 0.808 bits per heavy atom. The Kier molecular flexibility index (Phi) is 13.1. The van der Waals surface area contributed by atoms with E-state index in [0.717, 1.165) is 12.5 Å². The largest absolute Gasteiger partial charge is 0.472 e. The van der Waals surface area contributed by atoms with E-state index in [0.29, 0.717) is 6.29 Å². The van der Waals surface area contributed by atoms with Crippen LogP contribution in [0.15, 0.2) is 36.3 Å². The first-order valence-electron chi connectivity index (χ1n) is 16.8. The van der Waals surface area contributed by atoms with Crippen LogP contribution in [-0.2, 0) is 52.3 Å². The Balaban J connectivity index is 1.34. The fraction of sp³-hybridized carbons (Fsp3) is 0.727. The lowest BCUT2D eigenvalue weighted by atomic mass is 9.82. The number of aliphatic hydroxyl groups is 8. The highest BCUT2D eigenvalue weighted by atomic mass is 16.8. The second-order valence-electron chi connectivity index (χ2n) is 13.4. The van der Waals surface area contributed by atoms with E-state index < -0.39 is 135 Å². The van der Waals surface area contributed by atoms with Gasteiger partial charge in [0.2, 0.25) is 12.6 Å².